The molecule has 0 N–H and O–H groups in total. The lowest BCUT2D eigenvalue weighted by Gasteiger charge is -2.31. The first-order chi connectivity index (χ1) is 7.56. The van der Waals surface area contributed by atoms with Crippen molar-refractivity contribution in [3.63, 3.8) is 0 Å². The smallest absolute Gasteiger partial charge is 0.311 e. The number of nitrogens with zero attached hydrogens (tertiary/aromatic N) is 1. The second kappa shape index (κ2) is 4.59. The van der Waals surface area contributed by atoms with E-state index in [1.807, 2.05) is 0 Å². The summed E-state index contributed by atoms with van der Waals surface area (Å²) in [7, 11) is 0. The van der Waals surface area contributed by atoms with Crippen LogP contribution in [0.4, 0.5) is 5.69 Å². The van der Waals surface area contributed by atoms with Crippen molar-refractivity contribution in [1.82, 2.24) is 0 Å². The number of rotatable bonds is 3. The fourth-order valence-corrected chi connectivity index (χ4v) is 2.51. The standard InChI is InChI=1S/C10H9BrClNO3/c11-6-3-8(4-6)16-10-5-7(12)1-2-9(10)13(14)15/h1-2,5-6,8H,3-4H2. The number of benzene rings is 1. The number of nitro groups is 1. The zero-order valence-corrected chi connectivity index (χ0v) is 10.6. The summed E-state index contributed by atoms with van der Waals surface area (Å²) in [5.74, 6) is 0.252. The van der Waals surface area contributed by atoms with Crippen molar-refractivity contribution in [1.29, 1.82) is 0 Å². The molecule has 0 amide bonds. The lowest BCUT2D eigenvalue weighted by atomic mass is 9.96. The van der Waals surface area contributed by atoms with Gasteiger partial charge in [-0.2, -0.15) is 0 Å². The lowest BCUT2D eigenvalue weighted by molar-refractivity contribution is -0.386. The Balaban J connectivity index is 2.17. The minimum atomic E-state index is -0.462. The number of hydrogen-bond acceptors (Lipinski definition) is 3. The maximum Gasteiger partial charge on any atom is 0.311 e. The van der Waals surface area contributed by atoms with Crippen molar-refractivity contribution < 1.29 is 9.66 Å². The van der Waals surface area contributed by atoms with Crippen LogP contribution >= 0.6 is 27.5 Å². The predicted octanol–water partition coefficient (Wildman–Crippen LogP) is 3.55. The molecule has 0 aromatic heterocycles. The summed E-state index contributed by atoms with van der Waals surface area (Å²) < 4.78 is 5.54. The van der Waals surface area contributed by atoms with Gasteiger partial charge in [0, 0.05) is 22.0 Å². The van der Waals surface area contributed by atoms with Crippen LogP contribution in [0.2, 0.25) is 5.02 Å². The highest BCUT2D eigenvalue weighted by molar-refractivity contribution is 9.09. The second-order valence-electron chi connectivity index (χ2n) is 3.68. The van der Waals surface area contributed by atoms with Crippen LogP contribution < -0.4 is 4.74 Å². The Labute approximate surface area is 106 Å². The zero-order chi connectivity index (χ0) is 11.7. The van der Waals surface area contributed by atoms with Crippen LogP contribution in [0.5, 0.6) is 5.75 Å². The highest BCUT2D eigenvalue weighted by atomic mass is 79.9. The van der Waals surface area contributed by atoms with Gasteiger partial charge >= 0.3 is 5.69 Å². The minimum absolute atomic E-state index is 0.0394. The third kappa shape index (κ3) is 2.47. The number of hydrogen-bond donors (Lipinski definition) is 0. The summed E-state index contributed by atoms with van der Waals surface area (Å²) in [6.45, 7) is 0. The summed E-state index contributed by atoms with van der Waals surface area (Å²) in [5.41, 5.74) is -0.0394. The first kappa shape index (κ1) is 11.7. The average Bonchev–Trinajstić information content (AvgIpc) is 2.15. The molecule has 1 aliphatic rings. The molecule has 2 rings (SSSR count). The van der Waals surface area contributed by atoms with Gasteiger partial charge in [-0.25, -0.2) is 0 Å². The van der Waals surface area contributed by atoms with Gasteiger partial charge in [0.2, 0.25) is 0 Å². The first-order valence-electron chi connectivity index (χ1n) is 4.81. The Morgan fingerprint density at radius 3 is 2.75 bits per heavy atom. The molecule has 0 radical (unpaired) electrons. The van der Waals surface area contributed by atoms with Gasteiger partial charge in [0.15, 0.2) is 5.75 Å². The topological polar surface area (TPSA) is 52.4 Å². The van der Waals surface area contributed by atoms with E-state index < -0.39 is 4.92 Å². The quantitative estimate of drug-likeness (QED) is 0.487. The molecule has 1 aromatic rings. The van der Waals surface area contributed by atoms with Gasteiger partial charge in [-0.15, -0.1) is 0 Å². The number of halogens is 2. The van der Waals surface area contributed by atoms with Gasteiger partial charge in [0.25, 0.3) is 0 Å². The van der Waals surface area contributed by atoms with Crippen molar-refractivity contribution in [2.45, 2.75) is 23.8 Å². The van der Waals surface area contributed by atoms with Crippen molar-refractivity contribution in [3.8, 4) is 5.75 Å². The maximum absolute atomic E-state index is 10.8. The second-order valence-corrected chi connectivity index (χ2v) is 5.41. The van der Waals surface area contributed by atoms with Crippen molar-refractivity contribution in [3.05, 3.63) is 33.3 Å². The van der Waals surface area contributed by atoms with Crippen LogP contribution in [-0.2, 0) is 0 Å². The maximum atomic E-state index is 10.8. The third-order valence-corrected chi connectivity index (χ3v) is 3.43. The summed E-state index contributed by atoms with van der Waals surface area (Å²) >= 11 is 9.22. The monoisotopic (exact) mass is 305 g/mol. The van der Waals surface area contributed by atoms with Crippen molar-refractivity contribution >= 4 is 33.2 Å². The molecule has 1 fully saturated rings. The molecule has 6 heteroatoms. The highest BCUT2D eigenvalue weighted by Gasteiger charge is 2.30. The Morgan fingerprint density at radius 2 is 2.19 bits per heavy atom. The summed E-state index contributed by atoms with van der Waals surface area (Å²) in [4.78, 5) is 10.8. The number of ether oxygens (including phenoxy) is 1. The van der Waals surface area contributed by atoms with E-state index in [4.69, 9.17) is 16.3 Å². The Hall–Kier alpha value is -0.810. The fraction of sp³-hybridized carbons (Fsp3) is 0.400. The molecule has 1 saturated carbocycles. The molecule has 4 nitrogen and oxygen atoms in total. The molecule has 0 unspecified atom stereocenters. The molecule has 0 spiro atoms. The molecule has 0 aliphatic heterocycles. The third-order valence-electron chi connectivity index (χ3n) is 2.45. The summed E-state index contributed by atoms with van der Waals surface area (Å²) in [5, 5.41) is 11.2. The Kier molecular flexibility index (Phi) is 3.35. The molecular formula is C10H9BrClNO3. The van der Waals surface area contributed by atoms with Crippen LogP contribution in [0.15, 0.2) is 18.2 Å². The molecule has 0 heterocycles. The van der Waals surface area contributed by atoms with Gasteiger partial charge < -0.3 is 4.74 Å². The van der Waals surface area contributed by atoms with E-state index >= 15 is 0 Å². The van der Waals surface area contributed by atoms with E-state index in [1.165, 1.54) is 18.2 Å². The highest BCUT2D eigenvalue weighted by Crippen LogP contribution is 2.36. The molecule has 1 aromatic carbocycles. The predicted molar refractivity (Wildman–Crippen MR) is 64.5 cm³/mol. The van der Waals surface area contributed by atoms with Gasteiger partial charge in [0.05, 0.1) is 4.92 Å². The molecule has 0 bridgehead atoms. The van der Waals surface area contributed by atoms with Crippen LogP contribution in [0.3, 0.4) is 0 Å². The largest absolute Gasteiger partial charge is 0.483 e. The van der Waals surface area contributed by atoms with E-state index in [1.54, 1.807) is 0 Å². The summed E-state index contributed by atoms with van der Waals surface area (Å²) in [6.07, 6.45) is 1.77. The summed E-state index contributed by atoms with van der Waals surface area (Å²) in [6, 6.07) is 4.34. The molecular weight excluding hydrogens is 297 g/mol. The van der Waals surface area contributed by atoms with Gasteiger partial charge in [-0.3, -0.25) is 10.1 Å². The van der Waals surface area contributed by atoms with Gasteiger partial charge in [0.1, 0.15) is 6.10 Å². The van der Waals surface area contributed by atoms with Gasteiger partial charge in [-0.1, -0.05) is 27.5 Å². The van der Waals surface area contributed by atoms with E-state index in [9.17, 15) is 10.1 Å². The molecule has 0 saturated heterocycles. The molecule has 0 atom stereocenters. The van der Waals surface area contributed by atoms with Crippen LogP contribution in [0.1, 0.15) is 12.8 Å². The van der Waals surface area contributed by atoms with Crippen LogP contribution in [0.25, 0.3) is 0 Å². The van der Waals surface area contributed by atoms with Crippen molar-refractivity contribution in [2.75, 3.05) is 0 Å². The van der Waals surface area contributed by atoms with E-state index in [0.29, 0.717) is 9.85 Å². The molecule has 16 heavy (non-hydrogen) atoms. The molecule has 86 valence electrons. The van der Waals surface area contributed by atoms with E-state index in [-0.39, 0.29) is 17.5 Å². The lowest BCUT2D eigenvalue weighted by Crippen LogP contribution is -2.34. The SMILES string of the molecule is O=[N+]([O-])c1ccc(Cl)cc1OC1CC(Br)C1. The Morgan fingerprint density at radius 1 is 1.50 bits per heavy atom. The normalized spacial score (nSPS) is 23.6. The average molecular weight is 307 g/mol. The number of nitro benzene ring substituents is 1. The minimum Gasteiger partial charge on any atom is -0.483 e. The van der Waals surface area contributed by atoms with Crippen molar-refractivity contribution in [2.24, 2.45) is 0 Å². The van der Waals surface area contributed by atoms with E-state index in [0.717, 1.165) is 12.8 Å². The Bertz CT molecular complexity index is 421. The van der Waals surface area contributed by atoms with Gasteiger partial charge in [-0.05, 0) is 18.9 Å². The zero-order valence-electron chi connectivity index (χ0n) is 8.23. The van der Waals surface area contributed by atoms with E-state index in [2.05, 4.69) is 15.9 Å². The first-order valence-corrected chi connectivity index (χ1v) is 6.10. The fourth-order valence-electron chi connectivity index (χ4n) is 1.51. The number of alkyl halides is 1. The van der Waals surface area contributed by atoms with Crippen LogP contribution in [0, 0.1) is 10.1 Å². The van der Waals surface area contributed by atoms with Crippen LogP contribution in [-0.4, -0.2) is 15.9 Å². The molecule has 1 aliphatic carbocycles.